The van der Waals surface area contributed by atoms with Crippen molar-refractivity contribution in [2.24, 2.45) is 17.8 Å². The van der Waals surface area contributed by atoms with Crippen molar-refractivity contribution in [3.8, 4) is 0 Å². The third-order valence-corrected chi connectivity index (χ3v) is 9.63. The highest BCUT2D eigenvalue weighted by molar-refractivity contribution is 7.98. The number of carbonyl (C=O) groups excluding carboxylic acids is 1. The molecule has 5 atom stereocenters. The van der Waals surface area contributed by atoms with Gasteiger partial charge in [-0.3, -0.25) is 4.79 Å². The van der Waals surface area contributed by atoms with Crippen LogP contribution in [0.2, 0.25) is 5.02 Å². The third-order valence-electron chi connectivity index (χ3n) is 8.26. The summed E-state index contributed by atoms with van der Waals surface area (Å²) < 4.78 is 0. The molecule has 1 heterocycles. The van der Waals surface area contributed by atoms with E-state index in [1.54, 1.807) is 11.8 Å². The Labute approximate surface area is 217 Å². The molecule has 1 aliphatic heterocycles. The van der Waals surface area contributed by atoms with Crippen LogP contribution in [-0.2, 0) is 5.75 Å². The Bertz CT molecular complexity index is 1220. The standard InChI is InChI=1S/C30H31ClN2OS/c31-25-9-5-4-8-23(25)18-35-15-14-32-30(34)22-12-13-26-24(17-22)27-20-10-11-21(16-20)28(27)29(33-26)19-6-2-1-3-7-19/h1-9,12-13,17,20-21,27-29,33H,10-11,14-16,18H2,(H,32,34)/t20-,21-,27-,28-,29+/m0/s1. The van der Waals surface area contributed by atoms with Gasteiger partial charge in [0.15, 0.2) is 0 Å². The number of fused-ring (bicyclic) bond motifs is 7. The maximum Gasteiger partial charge on any atom is 0.251 e. The Hall–Kier alpha value is -2.43. The Morgan fingerprint density at radius 2 is 1.80 bits per heavy atom. The number of thioether (sulfide) groups is 1. The molecule has 2 N–H and O–H groups in total. The minimum atomic E-state index is 0.0241. The molecular weight excluding hydrogens is 472 g/mol. The van der Waals surface area contributed by atoms with E-state index in [1.807, 2.05) is 24.3 Å². The minimum absolute atomic E-state index is 0.0241. The second-order valence-corrected chi connectivity index (χ2v) is 11.7. The smallest absolute Gasteiger partial charge is 0.251 e. The van der Waals surface area contributed by atoms with E-state index in [1.165, 1.54) is 36.1 Å². The summed E-state index contributed by atoms with van der Waals surface area (Å²) in [5.74, 6) is 4.43. The quantitative estimate of drug-likeness (QED) is 0.333. The summed E-state index contributed by atoms with van der Waals surface area (Å²) in [6.45, 7) is 0.649. The lowest BCUT2D eigenvalue weighted by molar-refractivity contribution is 0.0956. The fraction of sp³-hybridized carbons (Fsp3) is 0.367. The summed E-state index contributed by atoms with van der Waals surface area (Å²) >= 11 is 8.03. The lowest BCUT2D eigenvalue weighted by Crippen LogP contribution is -2.35. The molecule has 3 aromatic rings. The van der Waals surface area contributed by atoms with Crippen LogP contribution in [0.15, 0.2) is 72.8 Å². The monoisotopic (exact) mass is 502 g/mol. The van der Waals surface area contributed by atoms with Crippen molar-refractivity contribution >= 4 is 35.0 Å². The normalized spacial score (nSPS) is 26.0. The highest BCUT2D eigenvalue weighted by Gasteiger charge is 2.53. The average molecular weight is 503 g/mol. The topological polar surface area (TPSA) is 41.1 Å². The first-order valence-electron chi connectivity index (χ1n) is 12.7. The van der Waals surface area contributed by atoms with Gasteiger partial charge in [0.25, 0.3) is 5.91 Å². The van der Waals surface area contributed by atoms with Crippen molar-refractivity contribution in [3.63, 3.8) is 0 Å². The molecule has 2 aliphatic carbocycles. The largest absolute Gasteiger partial charge is 0.378 e. The van der Waals surface area contributed by atoms with Gasteiger partial charge in [0.05, 0.1) is 6.04 Å². The predicted molar refractivity (Wildman–Crippen MR) is 146 cm³/mol. The lowest BCUT2D eigenvalue weighted by Gasteiger charge is -2.43. The molecule has 2 saturated carbocycles. The maximum absolute atomic E-state index is 13.0. The van der Waals surface area contributed by atoms with Crippen molar-refractivity contribution < 1.29 is 4.79 Å². The number of carbonyl (C=O) groups is 1. The van der Waals surface area contributed by atoms with Gasteiger partial charge in [-0.2, -0.15) is 11.8 Å². The Morgan fingerprint density at radius 3 is 2.66 bits per heavy atom. The highest BCUT2D eigenvalue weighted by Crippen LogP contribution is 2.63. The Morgan fingerprint density at radius 1 is 1.00 bits per heavy atom. The SMILES string of the molecule is O=C(NCCSCc1ccccc1Cl)c1ccc2c(c1)[C@@H]1[C@H]3CC[C@@H](C3)[C@@H]1[C@@H](c1ccccc1)N2. The van der Waals surface area contributed by atoms with Crippen LogP contribution < -0.4 is 10.6 Å². The zero-order valence-corrected chi connectivity index (χ0v) is 21.3. The first kappa shape index (κ1) is 23.0. The summed E-state index contributed by atoms with van der Waals surface area (Å²) in [5.41, 5.74) is 5.87. The zero-order chi connectivity index (χ0) is 23.8. The van der Waals surface area contributed by atoms with Crippen LogP contribution in [0.4, 0.5) is 5.69 Å². The van der Waals surface area contributed by atoms with Crippen LogP contribution >= 0.6 is 23.4 Å². The minimum Gasteiger partial charge on any atom is -0.378 e. The average Bonchev–Trinajstić information content (AvgIpc) is 3.52. The van der Waals surface area contributed by atoms with Gasteiger partial charge in [-0.15, -0.1) is 0 Å². The van der Waals surface area contributed by atoms with Crippen molar-refractivity contribution in [3.05, 3.63) is 100 Å². The second-order valence-electron chi connectivity index (χ2n) is 10.2. The molecule has 0 radical (unpaired) electrons. The molecule has 0 aromatic heterocycles. The maximum atomic E-state index is 13.0. The van der Waals surface area contributed by atoms with Gasteiger partial charge in [-0.1, -0.05) is 60.1 Å². The van der Waals surface area contributed by atoms with E-state index in [0.29, 0.717) is 24.4 Å². The molecule has 3 nitrogen and oxygen atoms in total. The number of hydrogen-bond donors (Lipinski definition) is 2. The fourth-order valence-corrected chi connectivity index (χ4v) is 7.90. The van der Waals surface area contributed by atoms with Crippen molar-refractivity contribution in [1.82, 2.24) is 5.32 Å². The summed E-state index contributed by atoms with van der Waals surface area (Å²) in [6.07, 6.45) is 4.00. The van der Waals surface area contributed by atoms with Gasteiger partial charge in [0.1, 0.15) is 0 Å². The first-order valence-corrected chi connectivity index (χ1v) is 14.3. The fourth-order valence-electron chi connectivity index (χ4n) is 6.75. The molecule has 3 aromatic carbocycles. The van der Waals surface area contributed by atoms with E-state index in [0.717, 1.165) is 39.5 Å². The number of nitrogens with one attached hydrogen (secondary N) is 2. The Kier molecular flexibility index (Phi) is 6.51. The van der Waals surface area contributed by atoms with Gasteiger partial charge < -0.3 is 10.6 Å². The number of halogens is 1. The molecule has 3 aliphatic rings. The number of hydrogen-bond acceptors (Lipinski definition) is 3. The van der Waals surface area contributed by atoms with E-state index >= 15 is 0 Å². The molecule has 35 heavy (non-hydrogen) atoms. The predicted octanol–water partition coefficient (Wildman–Crippen LogP) is 7.30. The first-order chi connectivity index (χ1) is 17.2. The number of amides is 1. The molecule has 2 bridgehead atoms. The van der Waals surface area contributed by atoms with Gasteiger partial charge in [0, 0.05) is 34.3 Å². The number of benzene rings is 3. The molecular formula is C30H31ClN2OS. The molecule has 180 valence electrons. The van der Waals surface area contributed by atoms with Gasteiger partial charge in [-0.05, 0) is 83.9 Å². The molecule has 0 saturated heterocycles. The van der Waals surface area contributed by atoms with Crippen LogP contribution in [0.25, 0.3) is 0 Å². The zero-order valence-electron chi connectivity index (χ0n) is 19.8. The third kappa shape index (κ3) is 4.47. The molecule has 6 rings (SSSR count). The van der Waals surface area contributed by atoms with E-state index in [2.05, 4.69) is 59.2 Å². The van der Waals surface area contributed by atoms with Crippen LogP contribution in [0.5, 0.6) is 0 Å². The number of rotatable bonds is 7. The molecule has 2 fully saturated rings. The second kappa shape index (κ2) is 9.91. The van der Waals surface area contributed by atoms with E-state index in [4.69, 9.17) is 11.6 Å². The summed E-state index contributed by atoms with van der Waals surface area (Å²) in [6, 6.07) is 25.5. The summed E-state index contributed by atoms with van der Waals surface area (Å²) in [5, 5.41) is 7.80. The summed E-state index contributed by atoms with van der Waals surface area (Å²) in [4.78, 5) is 13.0. The van der Waals surface area contributed by atoms with Crippen molar-refractivity contribution in [2.45, 2.75) is 37.0 Å². The van der Waals surface area contributed by atoms with Crippen LogP contribution in [0, 0.1) is 17.8 Å². The molecule has 0 spiro atoms. The van der Waals surface area contributed by atoms with Crippen LogP contribution in [-0.4, -0.2) is 18.2 Å². The highest BCUT2D eigenvalue weighted by atomic mass is 35.5. The number of anilines is 1. The van der Waals surface area contributed by atoms with Crippen LogP contribution in [0.3, 0.4) is 0 Å². The van der Waals surface area contributed by atoms with Gasteiger partial charge in [0.2, 0.25) is 0 Å². The summed E-state index contributed by atoms with van der Waals surface area (Å²) in [7, 11) is 0. The van der Waals surface area contributed by atoms with Crippen molar-refractivity contribution in [1.29, 1.82) is 0 Å². The molecule has 0 unspecified atom stereocenters. The van der Waals surface area contributed by atoms with E-state index < -0.39 is 0 Å². The van der Waals surface area contributed by atoms with Crippen LogP contribution in [0.1, 0.15) is 58.3 Å². The molecule has 5 heteroatoms. The molecule has 1 amide bonds. The van der Waals surface area contributed by atoms with Crippen molar-refractivity contribution in [2.75, 3.05) is 17.6 Å². The van der Waals surface area contributed by atoms with E-state index in [9.17, 15) is 4.79 Å². The Balaban J connectivity index is 1.14. The van der Waals surface area contributed by atoms with Gasteiger partial charge >= 0.3 is 0 Å². The van der Waals surface area contributed by atoms with E-state index in [-0.39, 0.29) is 5.91 Å². The lowest BCUT2D eigenvalue weighted by atomic mass is 9.68. The van der Waals surface area contributed by atoms with Gasteiger partial charge in [-0.25, -0.2) is 0 Å².